The molecule has 1 aliphatic heterocycles. The SMILES string of the molecule is CCC1CCC2(CC1)NC(=O)N(CC(=O)OCC(=O)Nc1ccsc1C(=O)OC)C2=O. The minimum absolute atomic E-state index is 0.213. The quantitative estimate of drug-likeness (QED) is 0.478. The van der Waals surface area contributed by atoms with Crippen LogP contribution in [0.1, 0.15) is 48.7 Å². The van der Waals surface area contributed by atoms with E-state index in [4.69, 9.17) is 4.74 Å². The van der Waals surface area contributed by atoms with Gasteiger partial charge in [-0.2, -0.15) is 0 Å². The van der Waals surface area contributed by atoms with Gasteiger partial charge in [-0.25, -0.2) is 9.59 Å². The van der Waals surface area contributed by atoms with Crippen molar-refractivity contribution in [2.75, 3.05) is 25.6 Å². The van der Waals surface area contributed by atoms with Crippen molar-refractivity contribution in [3.8, 4) is 0 Å². The van der Waals surface area contributed by atoms with Crippen LogP contribution in [0.15, 0.2) is 11.4 Å². The standard InChI is InChI=1S/C20H25N3O7S/c1-3-12-4-7-20(8-5-12)18(27)23(19(28)22-20)10-15(25)30-11-14(24)21-13-6-9-31-16(13)17(26)29-2/h6,9,12H,3-5,7-8,10-11H2,1-2H3,(H,21,24)(H,22,28). The average Bonchev–Trinajstić information content (AvgIpc) is 3.31. The first kappa shape index (κ1) is 22.7. The maximum atomic E-state index is 12.8. The minimum Gasteiger partial charge on any atom is -0.465 e. The second-order valence-corrected chi connectivity index (χ2v) is 8.54. The van der Waals surface area contributed by atoms with E-state index in [1.54, 1.807) is 5.38 Å². The fraction of sp³-hybridized carbons (Fsp3) is 0.550. The molecule has 1 aromatic heterocycles. The Balaban J connectivity index is 1.50. The predicted molar refractivity (Wildman–Crippen MR) is 110 cm³/mol. The molecule has 4 amide bonds. The average molecular weight is 452 g/mol. The number of carbonyl (C=O) groups excluding carboxylic acids is 5. The number of urea groups is 1. The van der Waals surface area contributed by atoms with Gasteiger partial charge in [0.05, 0.1) is 12.8 Å². The number of esters is 2. The summed E-state index contributed by atoms with van der Waals surface area (Å²) in [5, 5.41) is 6.81. The van der Waals surface area contributed by atoms with Gasteiger partial charge in [0.1, 0.15) is 17.0 Å². The highest BCUT2D eigenvalue weighted by molar-refractivity contribution is 7.12. The van der Waals surface area contributed by atoms with Gasteiger partial charge >= 0.3 is 18.0 Å². The number of thiophene rings is 1. The highest BCUT2D eigenvalue weighted by atomic mass is 32.1. The van der Waals surface area contributed by atoms with Crippen molar-refractivity contribution < 1.29 is 33.4 Å². The lowest BCUT2D eigenvalue weighted by atomic mass is 9.75. The van der Waals surface area contributed by atoms with Gasteiger partial charge in [0.25, 0.3) is 11.8 Å². The Morgan fingerprint density at radius 1 is 1.29 bits per heavy atom. The van der Waals surface area contributed by atoms with Gasteiger partial charge in [-0.05, 0) is 43.0 Å². The Labute approximate surface area is 183 Å². The number of rotatable bonds is 7. The summed E-state index contributed by atoms with van der Waals surface area (Å²) in [6.45, 7) is 0.913. The molecule has 0 atom stereocenters. The lowest BCUT2D eigenvalue weighted by Gasteiger charge is -2.34. The summed E-state index contributed by atoms with van der Waals surface area (Å²) in [7, 11) is 1.23. The van der Waals surface area contributed by atoms with E-state index in [1.807, 2.05) is 0 Å². The number of methoxy groups -OCH3 is 1. The molecule has 2 aliphatic rings. The predicted octanol–water partition coefficient (Wildman–Crippen LogP) is 1.91. The fourth-order valence-corrected chi connectivity index (χ4v) is 4.67. The summed E-state index contributed by atoms with van der Waals surface area (Å²) >= 11 is 1.10. The van der Waals surface area contributed by atoms with Crippen LogP contribution in [0.5, 0.6) is 0 Å². The maximum absolute atomic E-state index is 12.8. The second-order valence-electron chi connectivity index (χ2n) is 7.62. The van der Waals surface area contributed by atoms with Crippen molar-refractivity contribution in [3.63, 3.8) is 0 Å². The van der Waals surface area contributed by atoms with Crippen LogP contribution in [-0.4, -0.2) is 60.5 Å². The molecule has 1 saturated carbocycles. The fourth-order valence-electron chi connectivity index (χ4n) is 3.90. The molecule has 2 fully saturated rings. The zero-order valence-electron chi connectivity index (χ0n) is 17.4. The first-order chi connectivity index (χ1) is 14.8. The number of hydrogen-bond donors (Lipinski definition) is 2. The van der Waals surface area contributed by atoms with Gasteiger partial charge in [-0.1, -0.05) is 13.3 Å². The van der Waals surface area contributed by atoms with Crippen LogP contribution in [0.3, 0.4) is 0 Å². The summed E-state index contributed by atoms with van der Waals surface area (Å²) in [5.74, 6) is -2.02. The Morgan fingerprint density at radius 2 is 2.00 bits per heavy atom. The van der Waals surface area contributed by atoms with E-state index in [1.165, 1.54) is 13.2 Å². The Morgan fingerprint density at radius 3 is 2.65 bits per heavy atom. The van der Waals surface area contributed by atoms with Gasteiger partial charge < -0.3 is 20.1 Å². The molecule has 1 saturated heterocycles. The summed E-state index contributed by atoms with van der Waals surface area (Å²) in [6, 6.07) is 0.902. The molecule has 168 valence electrons. The monoisotopic (exact) mass is 451 g/mol. The first-order valence-electron chi connectivity index (χ1n) is 10.0. The van der Waals surface area contributed by atoms with Crippen molar-refractivity contribution in [2.24, 2.45) is 5.92 Å². The minimum atomic E-state index is -0.941. The van der Waals surface area contributed by atoms with E-state index in [9.17, 15) is 24.0 Å². The molecule has 0 bridgehead atoms. The summed E-state index contributed by atoms with van der Waals surface area (Å²) in [5.41, 5.74) is -0.694. The maximum Gasteiger partial charge on any atom is 0.350 e. The van der Waals surface area contributed by atoms with E-state index >= 15 is 0 Å². The number of nitrogens with one attached hydrogen (secondary N) is 2. The topological polar surface area (TPSA) is 131 Å². The molecule has 3 rings (SSSR count). The summed E-state index contributed by atoms with van der Waals surface area (Å²) < 4.78 is 9.54. The molecule has 1 aromatic rings. The lowest BCUT2D eigenvalue weighted by Crippen LogP contribution is -2.49. The van der Waals surface area contributed by atoms with Gasteiger partial charge in [-0.15, -0.1) is 11.3 Å². The Kier molecular flexibility index (Phi) is 6.94. The molecule has 31 heavy (non-hydrogen) atoms. The van der Waals surface area contributed by atoms with Crippen LogP contribution in [0.4, 0.5) is 10.5 Å². The molecule has 2 heterocycles. The number of anilines is 1. The van der Waals surface area contributed by atoms with Crippen LogP contribution < -0.4 is 10.6 Å². The first-order valence-corrected chi connectivity index (χ1v) is 10.9. The number of amides is 4. The summed E-state index contributed by atoms with van der Waals surface area (Å²) in [6.07, 6.45) is 3.82. The Hall–Kier alpha value is -2.95. The second kappa shape index (κ2) is 9.46. The molecular weight excluding hydrogens is 426 g/mol. The third kappa shape index (κ3) is 4.87. The van der Waals surface area contributed by atoms with Crippen LogP contribution in [0.25, 0.3) is 0 Å². The van der Waals surface area contributed by atoms with Crippen molar-refractivity contribution in [3.05, 3.63) is 16.3 Å². The van der Waals surface area contributed by atoms with Crippen LogP contribution in [0, 0.1) is 5.92 Å². The van der Waals surface area contributed by atoms with Crippen LogP contribution in [-0.2, 0) is 23.9 Å². The molecule has 1 spiro atoms. The van der Waals surface area contributed by atoms with E-state index in [0.717, 1.165) is 35.5 Å². The zero-order chi connectivity index (χ0) is 22.6. The van der Waals surface area contributed by atoms with Gasteiger partial charge in [0.15, 0.2) is 6.61 Å². The largest absolute Gasteiger partial charge is 0.465 e. The lowest BCUT2D eigenvalue weighted by molar-refractivity contribution is -0.150. The van der Waals surface area contributed by atoms with Crippen LogP contribution >= 0.6 is 11.3 Å². The Bertz CT molecular complexity index is 889. The third-order valence-electron chi connectivity index (χ3n) is 5.74. The zero-order valence-corrected chi connectivity index (χ0v) is 18.2. The number of carbonyl (C=O) groups is 5. The normalized spacial score (nSPS) is 22.9. The van der Waals surface area contributed by atoms with Gasteiger partial charge in [-0.3, -0.25) is 19.3 Å². The number of imide groups is 1. The molecule has 11 heteroatoms. The smallest absolute Gasteiger partial charge is 0.350 e. The molecule has 0 radical (unpaired) electrons. The molecule has 0 unspecified atom stereocenters. The summed E-state index contributed by atoms with van der Waals surface area (Å²) in [4.78, 5) is 62.0. The van der Waals surface area contributed by atoms with Crippen LogP contribution in [0.2, 0.25) is 0 Å². The third-order valence-corrected chi connectivity index (χ3v) is 6.64. The van der Waals surface area contributed by atoms with Crippen molar-refractivity contribution in [1.29, 1.82) is 0 Å². The molecule has 1 aliphatic carbocycles. The molecule has 10 nitrogen and oxygen atoms in total. The van der Waals surface area contributed by atoms with Gasteiger partial charge in [0, 0.05) is 0 Å². The van der Waals surface area contributed by atoms with E-state index < -0.39 is 48.5 Å². The molecule has 2 N–H and O–H groups in total. The van der Waals surface area contributed by atoms with Crippen molar-refractivity contribution in [1.82, 2.24) is 10.2 Å². The van der Waals surface area contributed by atoms with Crippen molar-refractivity contribution >= 4 is 46.8 Å². The number of hydrogen-bond acceptors (Lipinski definition) is 8. The van der Waals surface area contributed by atoms with Crippen molar-refractivity contribution in [2.45, 2.75) is 44.6 Å². The number of ether oxygens (including phenoxy) is 2. The van der Waals surface area contributed by atoms with E-state index in [-0.39, 0.29) is 10.6 Å². The molecule has 0 aromatic carbocycles. The van der Waals surface area contributed by atoms with E-state index in [0.29, 0.717) is 18.8 Å². The highest BCUT2D eigenvalue weighted by Crippen LogP contribution is 2.37. The molecular formula is C20H25N3O7S. The van der Waals surface area contributed by atoms with E-state index in [2.05, 4.69) is 22.3 Å². The number of nitrogens with zero attached hydrogens (tertiary/aromatic N) is 1. The van der Waals surface area contributed by atoms with Gasteiger partial charge in [0.2, 0.25) is 0 Å². The highest BCUT2D eigenvalue weighted by Gasteiger charge is 2.52.